The maximum Gasteiger partial charge on any atom is 0.416 e. The summed E-state index contributed by atoms with van der Waals surface area (Å²) in [5.41, 5.74) is 7.55. The van der Waals surface area contributed by atoms with E-state index in [2.05, 4.69) is 15.2 Å². The van der Waals surface area contributed by atoms with Gasteiger partial charge in [-0.05, 0) is 56.1 Å². The SMILES string of the molecule is CN1CCCC(CN=C(N)NC2CCOc3ccccc32)C1c1ccc(C(F)(F)F)cc1.I. The van der Waals surface area contributed by atoms with Crippen LogP contribution in [0.25, 0.3) is 0 Å². The van der Waals surface area contributed by atoms with Crippen LogP contribution >= 0.6 is 24.0 Å². The second-order valence-electron chi connectivity index (χ2n) is 8.55. The Morgan fingerprint density at radius 1 is 1.15 bits per heavy atom. The number of rotatable bonds is 4. The molecule has 3 N–H and O–H groups in total. The third-order valence-electron chi connectivity index (χ3n) is 6.36. The van der Waals surface area contributed by atoms with Gasteiger partial charge in [0.2, 0.25) is 0 Å². The first-order valence-corrected chi connectivity index (χ1v) is 11.0. The summed E-state index contributed by atoms with van der Waals surface area (Å²) in [6, 6.07) is 13.4. The number of ether oxygens (including phenoxy) is 1. The highest BCUT2D eigenvalue weighted by Crippen LogP contribution is 2.37. The number of hydrogen-bond acceptors (Lipinski definition) is 3. The van der Waals surface area contributed by atoms with Gasteiger partial charge in [-0.3, -0.25) is 9.89 Å². The van der Waals surface area contributed by atoms with Gasteiger partial charge in [-0.1, -0.05) is 30.3 Å². The van der Waals surface area contributed by atoms with Gasteiger partial charge >= 0.3 is 6.18 Å². The van der Waals surface area contributed by atoms with E-state index in [1.807, 2.05) is 31.3 Å². The van der Waals surface area contributed by atoms with Gasteiger partial charge in [0, 0.05) is 24.6 Å². The monoisotopic (exact) mass is 574 g/mol. The zero-order valence-corrected chi connectivity index (χ0v) is 20.8. The average Bonchev–Trinajstić information content (AvgIpc) is 2.77. The third kappa shape index (κ3) is 6.11. The van der Waals surface area contributed by atoms with E-state index in [1.54, 1.807) is 12.1 Å². The highest BCUT2D eigenvalue weighted by atomic mass is 127. The van der Waals surface area contributed by atoms with Crippen LogP contribution in [-0.2, 0) is 6.18 Å². The summed E-state index contributed by atoms with van der Waals surface area (Å²) in [6.45, 7) is 2.03. The summed E-state index contributed by atoms with van der Waals surface area (Å²) in [5.74, 6) is 1.42. The Morgan fingerprint density at radius 2 is 1.88 bits per heavy atom. The topological polar surface area (TPSA) is 62.9 Å². The second-order valence-corrected chi connectivity index (χ2v) is 8.55. The summed E-state index contributed by atoms with van der Waals surface area (Å²) < 4.78 is 44.6. The third-order valence-corrected chi connectivity index (χ3v) is 6.36. The molecule has 5 nitrogen and oxygen atoms in total. The average molecular weight is 574 g/mol. The highest BCUT2D eigenvalue weighted by molar-refractivity contribution is 14.0. The van der Waals surface area contributed by atoms with Crippen LogP contribution < -0.4 is 15.8 Å². The number of fused-ring (bicyclic) bond motifs is 1. The van der Waals surface area contributed by atoms with Crippen molar-refractivity contribution in [3.63, 3.8) is 0 Å². The number of nitrogens with one attached hydrogen (secondary N) is 1. The number of piperidine rings is 1. The van der Waals surface area contributed by atoms with E-state index in [0.717, 1.165) is 54.8 Å². The molecule has 3 atom stereocenters. The Bertz CT molecular complexity index is 951. The van der Waals surface area contributed by atoms with Gasteiger partial charge in [0.05, 0.1) is 18.2 Å². The van der Waals surface area contributed by atoms with Crippen molar-refractivity contribution < 1.29 is 17.9 Å². The van der Waals surface area contributed by atoms with Crippen LogP contribution in [-0.4, -0.2) is 37.6 Å². The van der Waals surface area contributed by atoms with Crippen LogP contribution in [0, 0.1) is 5.92 Å². The molecule has 4 rings (SSSR count). The molecular formula is C24H30F3IN4O. The van der Waals surface area contributed by atoms with Crippen molar-refractivity contribution in [3.8, 4) is 5.75 Å². The second kappa shape index (κ2) is 10.9. The minimum absolute atomic E-state index is 0. The molecule has 33 heavy (non-hydrogen) atoms. The van der Waals surface area contributed by atoms with E-state index in [-0.39, 0.29) is 42.0 Å². The van der Waals surface area contributed by atoms with Crippen molar-refractivity contribution >= 4 is 29.9 Å². The molecule has 1 saturated heterocycles. The van der Waals surface area contributed by atoms with E-state index < -0.39 is 11.7 Å². The molecule has 9 heteroatoms. The lowest BCUT2D eigenvalue weighted by molar-refractivity contribution is -0.137. The lowest BCUT2D eigenvalue weighted by Crippen LogP contribution is -2.40. The first-order valence-electron chi connectivity index (χ1n) is 11.0. The first kappa shape index (κ1) is 25.6. The number of guanidine groups is 1. The highest BCUT2D eigenvalue weighted by Gasteiger charge is 2.33. The predicted molar refractivity (Wildman–Crippen MR) is 134 cm³/mol. The van der Waals surface area contributed by atoms with Crippen molar-refractivity contribution in [2.45, 2.75) is 37.5 Å². The molecule has 2 aromatic rings. The summed E-state index contributed by atoms with van der Waals surface area (Å²) in [5, 5.41) is 3.31. The maximum absolute atomic E-state index is 13.0. The normalized spacial score (nSPS) is 23.8. The van der Waals surface area contributed by atoms with Crippen molar-refractivity contribution in [1.82, 2.24) is 10.2 Å². The number of nitrogens with two attached hydrogens (primary N) is 1. The van der Waals surface area contributed by atoms with Gasteiger partial charge in [0.25, 0.3) is 0 Å². The predicted octanol–water partition coefficient (Wildman–Crippen LogP) is 5.13. The van der Waals surface area contributed by atoms with E-state index in [1.165, 1.54) is 0 Å². The van der Waals surface area contributed by atoms with Gasteiger partial charge in [0.15, 0.2) is 5.96 Å². The number of benzene rings is 2. The molecule has 2 aliphatic heterocycles. The Balaban J connectivity index is 0.00000306. The van der Waals surface area contributed by atoms with Crippen LogP contribution in [0.3, 0.4) is 0 Å². The molecule has 0 bridgehead atoms. The zero-order valence-electron chi connectivity index (χ0n) is 18.5. The lowest BCUT2D eigenvalue weighted by Gasteiger charge is -2.39. The molecule has 1 fully saturated rings. The van der Waals surface area contributed by atoms with E-state index in [4.69, 9.17) is 10.5 Å². The Hall–Kier alpha value is -2.01. The first-order chi connectivity index (χ1) is 15.3. The van der Waals surface area contributed by atoms with Crippen molar-refractivity contribution in [2.75, 3.05) is 26.7 Å². The fourth-order valence-corrected chi connectivity index (χ4v) is 4.78. The Kier molecular flexibility index (Phi) is 8.49. The van der Waals surface area contributed by atoms with Gasteiger partial charge in [-0.2, -0.15) is 13.2 Å². The van der Waals surface area contributed by atoms with Crippen LogP contribution in [0.4, 0.5) is 13.2 Å². The van der Waals surface area contributed by atoms with Crippen molar-refractivity contribution in [1.29, 1.82) is 0 Å². The quantitative estimate of drug-likeness (QED) is 0.302. The van der Waals surface area contributed by atoms with E-state index in [0.29, 0.717) is 19.1 Å². The number of halogens is 4. The molecule has 0 amide bonds. The molecule has 0 spiro atoms. The Morgan fingerprint density at radius 3 is 2.61 bits per heavy atom. The summed E-state index contributed by atoms with van der Waals surface area (Å²) in [6.07, 6.45) is -1.56. The summed E-state index contributed by atoms with van der Waals surface area (Å²) in [7, 11) is 2.01. The molecule has 2 heterocycles. The molecule has 2 aliphatic rings. The molecular weight excluding hydrogens is 544 g/mol. The number of alkyl halides is 3. The zero-order chi connectivity index (χ0) is 22.7. The van der Waals surface area contributed by atoms with Gasteiger partial charge < -0.3 is 15.8 Å². The minimum Gasteiger partial charge on any atom is -0.493 e. The maximum atomic E-state index is 13.0. The van der Waals surface area contributed by atoms with Crippen LogP contribution in [0.5, 0.6) is 5.75 Å². The van der Waals surface area contributed by atoms with Gasteiger partial charge in [0.1, 0.15) is 5.75 Å². The van der Waals surface area contributed by atoms with Crippen LogP contribution in [0.1, 0.15) is 48.0 Å². The molecule has 3 unspecified atom stereocenters. The summed E-state index contributed by atoms with van der Waals surface area (Å²) in [4.78, 5) is 6.82. The molecule has 180 valence electrons. The minimum atomic E-state index is -4.33. The number of nitrogens with zero attached hydrogens (tertiary/aromatic N) is 2. The standard InChI is InChI=1S/C24H29F3N4O.HI/c1-31-13-4-5-17(22(31)16-8-10-18(11-9-16)24(25,26)27)15-29-23(28)30-20-12-14-32-21-7-3-2-6-19(20)21;/h2-3,6-11,17,20,22H,4-5,12-15H2,1H3,(H3,28,29,30);1H. The van der Waals surface area contributed by atoms with Gasteiger partial charge in [-0.15, -0.1) is 24.0 Å². The van der Waals surface area contributed by atoms with E-state index >= 15 is 0 Å². The van der Waals surface area contributed by atoms with E-state index in [9.17, 15) is 13.2 Å². The molecule has 0 aromatic heterocycles. The number of hydrogen-bond donors (Lipinski definition) is 2. The summed E-state index contributed by atoms with van der Waals surface area (Å²) >= 11 is 0. The van der Waals surface area contributed by atoms with Crippen molar-refractivity contribution in [3.05, 3.63) is 65.2 Å². The van der Waals surface area contributed by atoms with Gasteiger partial charge in [-0.25, -0.2) is 0 Å². The number of likely N-dealkylation sites (tertiary alicyclic amines) is 1. The van der Waals surface area contributed by atoms with Crippen LogP contribution in [0.15, 0.2) is 53.5 Å². The van der Waals surface area contributed by atoms with Crippen LogP contribution in [0.2, 0.25) is 0 Å². The smallest absolute Gasteiger partial charge is 0.416 e. The number of aliphatic imine (C=N–C) groups is 1. The molecule has 0 saturated carbocycles. The largest absolute Gasteiger partial charge is 0.493 e. The lowest BCUT2D eigenvalue weighted by atomic mass is 9.84. The fourth-order valence-electron chi connectivity index (χ4n) is 4.78. The number of para-hydroxylation sites is 1. The molecule has 0 radical (unpaired) electrons. The molecule has 0 aliphatic carbocycles. The Labute approximate surface area is 209 Å². The fraction of sp³-hybridized carbons (Fsp3) is 0.458. The van der Waals surface area contributed by atoms with Crippen molar-refractivity contribution in [2.24, 2.45) is 16.6 Å². The molecule has 2 aromatic carbocycles.